The van der Waals surface area contributed by atoms with E-state index in [1.165, 1.54) is 6.07 Å². The number of hydrogen-bond donors (Lipinski definition) is 2. The summed E-state index contributed by atoms with van der Waals surface area (Å²) in [5.41, 5.74) is 3.62. The van der Waals surface area contributed by atoms with Crippen LogP contribution in [0.15, 0.2) is 42.5 Å². The topological polar surface area (TPSA) is 47.6 Å². The van der Waals surface area contributed by atoms with Crippen molar-refractivity contribution in [3.63, 3.8) is 0 Å². The van der Waals surface area contributed by atoms with Crippen LogP contribution in [0.1, 0.15) is 11.1 Å². The van der Waals surface area contributed by atoms with Gasteiger partial charge in [0.25, 0.3) is 0 Å². The van der Waals surface area contributed by atoms with E-state index in [-0.39, 0.29) is 30.8 Å². The molecule has 4 rings (SSSR count). The Labute approximate surface area is 158 Å². The molecule has 138 valence electrons. The van der Waals surface area contributed by atoms with Gasteiger partial charge >= 0.3 is 6.03 Å². The van der Waals surface area contributed by atoms with Crippen LogP contribution in [0.5, 0.6) is 0 Å². The molecule has 1 saturated heterocycles. The average Bonchev–Trinajstić information content (AvgIpc) is 2.66. The molecule has 1 fully saturated rings. The van der Waals surface area contributed by atoms with Crippen LogP contribution < -0.4 is 20.4 Å². The summed E-state index contributed by atoms with van der Waals surface area (Å²) in [5.74, 6) is -0.291. The summed E-state index contributed by atoms with van der Waals surface area (Å²) in [5, 5.41) is 6.29. The Bertz CT molecular complexity index is 795. The number of carbonyl (C=O) groups excluding carboxylic acids is 1. The summed E-state index contributed by atoms with van der Waals surface area (Å²) >= 11 is 0. The van der Waals surface area contributed by atoms with Gasteiger partial charge in [-0.15, -0.1) is 12.4 Å². The maximum absolute atomic E-state index is 14.0. The Kier molecular flexibility index (Phi) is 5.64. The first kappa shape index (κ1) is 18.5. The molecule has 2 N–H and O–H groups in total. The molecule has 0 spiro atoms. The molecule has 0 atom stereocenters. The second-order valence-electron chi connectivity index (χ2n) is 6.35. The van der Waals surface area contributed by atoms with E-state index in [1.807, 2.05) is 12.1 Å². The zero-order valence-corrected chi connectivity index (χ0v) is 15.2. The van der Waals surface area contributed by atoms with Crippen LogP contribution >= 0.6 is 12.4 Å². The number of nitrogens with one attached hydrogen (secondary N) is 2. The Morgan fingerprint density at radius 2 is 1.73 bits per heavy atom. The molecule has 0 bridgehead atoms. The summed E-state index contributed by atoms with van der Waals surface area (Å²) in [6, 6.07) is 12.4. The number of halogens is 2. The Balaban J connectivity index is 0.00000196. The van der Waals surface area contributed by atoms with E-state index in [2.05, 4.69) is 21.6 Å². The van der Waals surface area contributed by atoms with Crippen molar-refractivity contribution < 1.29 is 9.18 Å². The lowest BCUT2D eigenvalue weighted by atomic mass is 10.0. The first-order valence-electron chi connectivity index (χ1n) is 8.60. The molecule has 2 aliphatic rings. The van der Waals surface area contributed by atoms with Crippen molar-refractivity contribution in [3.05, 3.63) is 59.4 Å². The molecule has 0 unspecified atom stereocenters. The highest BCUT2D eigenvalue weighted by Crippen LogP contribution is 2.34. The molecular weight excluding hydrogens is 355 g/mol. The van der Waals surface area contributed by atoms with Gasteiger partial charge in [0.15, 0.2) is 0 Å². The maximum Gasteiger partial charge on any atom is 0.322 e. The highest BCUT2D eigenvalue weighted by atomic mass is 35.5. The Morgan fingerprint density at radius 1 is 1.00 bits per heavy atom. The van der Waals surface area contributed by atoms with Crippen molar-refractivity contribution in [2.75, 3.05) is 36.0 Å². The Morgan fingerprint density at radius 3 is 2.50 bits per heavy atom. The molecule has 2 aromatic rings. The SMILES string of the molecule is Cl.O=C1NCc2c(N3CCNCC3)cccc2N1Cc1ccccc1F. The monoisotopic (exact) mass is 376 g/mol. The smallest absolute Gasteiger partial charge is 0.322 e. The second kappa shape index (κ2) is 7.93. The van der Waals surface area contributed by atoms with Gasteiger partial charge in [-0.25, -0.2) is 9.18 Å². The van der Waals surface area contributed by atoms with Crippen molar-refractivity contribution in [1.82, 2.24) is 10.6 Å². The summed E-state index contributed by atoms with van der Waals surface area (Å²) in [7, 11) is 0. The number of carbonyl (C=O) groups is 1. The van der Waals surface area contributed by atoms with Gasteiger partial charge in [0.05, 0.1) is 12.2 Å². The van der Waals surface area contributed by atoms with Gasteiger partial charge in [0, 0.05) is 49.5 Å². The van der Waals surface area contributed by atoms with Gasteiger partial charge in [-0.05, 0) is 18.2 Å². The minimum absolute atomic E-state index is 0. The fourth-order valence-electron chi connectivity index (χ4n) is 3.52. The Hall–Kier alpha value is -2.31. The van der Waals surface area contributed by atoms with Crippen molar-refractivity contribution >= 4 is 29.8 Å². The molecule has 0 saturated carbocycles. The first-order valence-corrected chi connectivity index (χ1v) is 8.60. The number of benzene rings is 2. The molecule has 0 radical (unpaired) electrons. The largest absolute Gasteiger partial charge is 0.369 e. The van der Waals surface area contributed by atoms with E-state index in [0.29, 0.717) is 12.1 Å². The van der Waals surface area contributed by atoms with Crippen molar-refractivity contribution in [3.8, 4) is 0 Å². The van der Waals surface area contributed by atoms with Crippen LogP contribution in [-0.2, 0) is 13.1 Å². The van der Waals surface area contributed by atoms with Crippen LogP contribution in [0.3, 0.4) is 0 Å². The molecule has 0 aromatic heterocycles. The number of hydrogen-bond acceptors (Lipinski definition) is 3. The molecular formula is C19H22ClFN4O. The fraction of sp³-hybridized carbons (Fsp3) is 0.316. The van der Waals surface area contributed by atoms with Gasteiger partial charge in [0.1, 0.15) is 5.82 Å². The normalized spacial score (nSPS) is 16.6. The number of fused-ring (bicyclic) bond motifs is 1. The van der Waals surface area contributed by atoms with Crippen LogP contribution in [-0.4, -0.2) is 32.2 Å². The molecule has 2 aromatic carbocycles. The molecule has 2 amide bonds. The minimum Gasteiger partial charge on any atom is -0.369 e. The third-order valence-corrected chi connectivity index (χ3v) is 4.82. The van der Waals surface area contributed by atoms with Crippen molar-refractivity contribution in [2.24, 2.45) is 0 Å². The van der Waals surface area contributed by atoms with Gasteiger partial charge in [0.2, 0.25) is 0 Å². The highest BCUT2D eigenvalue weighted by Gasteiger charge is 2.28. The number of rotatable bonds is 3. The predicted molar refractivity (Wildman–Crippen MR) is 104 cm³/mol. The van der Waals surface area contributed by atoms with Crippen molar-refractivity contribution in [2.45, 2.75) is 13.1 Å². The maximum atomic E-state index is 14.0. The quantitative estimate of drug-likeness (QED) is 0.866. The summed E-state index contributed by atoms with van der Waals surface area (Å²) < 4.78 is 14.0. The second-order valence-corrected chi connectivity index (χ2v) is 6.35. The third kappa shape index (κ3) is 3.48. The number of anilines is 2. The molecule has 7 heteroatoms. The predicted octanol–water partition coefficient (Wildman–Crippen LogP) is 2.89. The van der Waals surface area contributed by atoms with Crippen molar-refractivity contribution in [1.29, 1.82) is 0 Å². The zero-order valence-electron chi connectivity index (χ0n) is 14.4. The minimum atomic E-state index is -0.291. The van der Waals surface area contributed by atoms with Gasteiger partial charge < -0.3 is 15.5 Å². The zero-order chi connectivity index (χ0) is 17.2. The van der Waals surface area contributed by atoms with Gasteiger partial charge in [-0.1, -0.05) is 24.3 Å². The van der Waals surface area contributed by atoms with Gasteiger partial charge in [-0.3, -0.25) is 4.90 Å². The molecule has 5 nitrogen and oxygen atoms in total. The number of urea groups is 1. The van der Waals surface area contributed by atoms with Crippen LogP contribution in [0.2, 0.25) is 0 Å². The number of piperazine rings is 1. The van der Waals surface area contributed by atoms with Crippen LogP contribution in [0, 0.1) is 5.82 Å². The molecule has 2 aliphatic heterocycles. The van der Waals surface area contributed by atoms with E-state index in [1.54, 1.807) is 23.1 Å². The number of amides is 2. The lowest BCUT2D eigenvalue weighted by Gasteiger charge is -2.36. The van der Waals surface area contributed by atoms with E-state index in [4.69, 9.17) is 0 Å². The molecule has 0 aliphatic carbocycles. The van der Waals surface area contributed by atoms with Crippen LogP contribution in [0.4, 0.5) is 20.6 Å². The van der Waals surface area contributed by atoms with E-state index < -0.39 is 0 Å². The lowest BCUT2D eigenvalue weighted by Crippen LogP contribution is -2.47. The fourth-order valence-corrected chi connectivity index (χ4v) is 3.52. The van der Waals surface area contributed by atoms with Crippen LogP contribution in [0.25, 0.3) is 0 Å². The standard InChI is InChI=1S/C19H21FN4O.ClH/c20-16-5-2-1-4-14(16)13-24-18-7-3-6-17(15(18)12-22-19(24)25)23-10-8-21-9-11-23;/h1-7,21H,8-13H2,(H,22,25);1H. The average molecular weight is 377 g/mol. The summed E-state index contributed by atoms with van der Waals surface area (Å²) in [4.78, 5) is 16.4. The lowest BCUT2D eigenvalue weighted by molar-refractivity contribution is 0.244. The van der Waals surface area contributed by atoms with E-state index >= 15 is 0 Å². The molecule has 2 heterocycles. The molecule has 26 heavy (non-hydrogen) atoms. The van der Waals surface area contributed by atoms with E-state index in [9.17, 15) is 9.18 Å². The van der Waals surface area contributed by atoms with E-state index in [0.717, 1.165) is 43.1 Å². The summed E-state index contributed by atoms with van der Waals surface area (Å²) in [6.45, 7) is 4.51. The van der Waals surface area contributed by atoms with Gasteiger partial charge in [-0.2, -0.15) is 0 Å². The highest BCUT2D eigenvalue weighted by molar-refractivity contribution is 5.96. The summed E-state index contributed by atoms with van der Waals surface area (Å²) in [6.07, 6.45) is 0. The number of nitrogens with zero attached hydrogens (tertiary/aromatic N) is 2. The first-order chi connectivity index (χ1) is 12.2. The third-order valence-electron chi connectivity index (χ3n) is 4.82.